The molecule has 0 bridgehead atoms. The maximum absolute atomic E-state index is 12.5. The lowest BCUT2D eigenvalue weighted by molar-refractivity contribution is -0.111. The van der Waals surface area contributed by atoms with Crippen LogP contribution in [-0.2, 0) is 4.79 Å². The van der Waals surface area contributed by atoms with Crippen molar-refractivity contribution < 1.29 is 9.59 Å². The Morgan fingerprint density at radius 3 is 2.50 bits per heavy atom. The molecule has 2 aromatic carbocycles. The lowest BCUT2D eigenvalue weighted by atomic mass is 10.1. The number of aryl methyl sites for hydroxylation is 1. The predicted octanol–water partition coefficient (Wildman–Crippen LogP) is 5.59. The van der Waals surface area contributed by atoms with E-state index < -0.39 is 0 Å². The number of nitrogens with one attached hydrogen (secondary N) is 3. The molecule has 4 rings (SSSR count). The van der Waals surface area contributed by atoms with Crippen LogP contribution in [0.15, 0.2) is 79.0 Å². The number of carbonyl (C=O) groups is 2. The monoisotopic (exact) mass is 445 g/mol. The molecule has 0 aliphatic rings. The highest BCUT2D eigenvalue weighted by Gasteiger charge is 2.09. The van der Waals surface area contributed by atoms with Crippen LogP contribution in [-0.4, -0.2) is 21.3 Å². The predicted molar refractivity (Wildman–Crippen MR) is 128 cm³/mol. The molecule has 7 nitrogen and oxygen atoms in total. The second-order valence-electron chi connectivity index (χ2n) is 7.01. The van der Waals surface area contributed by atoms with Crippen LogP contribution in [0, 0.1) is 6.92 Å². The molecule has 0 saturated carbocycles. The van der Waals surface area contributed by atoms with Crippen molar-refractivity contribution in [2.24, 2.45) is 0 Å². The Kier molecular flexibility index (Phi) is 6.19. The Hall–Kier alpha value is -4.10. The number of carbonyl (C=O) groups excluding carboxylic acids is 2. The first-order valence-electron chi connectivity index (χ1n) is 9.85. The molecule has 0 saturated heterocycles. The van der Waals surface area contributed by atoms with Crippen LogP contribution in [0.3, 0.4) is 0 Å². The SMILES string of the molecule is Cc1ccc(NC(=O)Nc2ccccc2)cc1NC(=O)C=Cc1c(Cl)nc2ccccn12. The van der Waals surface area contributed by atoms with E-state index in [0.29, 0.717) is 33.6 Å². The second kappa shape index (κ2) is 9.36. The third-order valence-electron chi connectivity index (χ3n) is 4.70. The minimum absolute atomic E-state index is 0.312. The number of hydrogen-bond donors (Lipinski definition) is 3. The summed E-state index contributed by atoms with van der Waals surface area (Å²) in [6.45, 7) is 1.87. The van der Waals surface area contributed by atoms with Crippen molar-refractivity contribution in [2.45, 2.75) is 6.92 Å². The highest BCUT2D eigenvalue weighted by Crippen LogP contribution is 2.22. The summed E-state index contributed by atoms with van der Waals surface area (Å²) in [5.74, 6) is -0.332. The van der Waals surface area contributed by atoms with Crippen LogP contribution < -0.4 is 16.0 Å². The van der Waals surface area contributed by atoms with E-state index in [1.54, 1.807) is 34.7 Å². The summed E-state index contributed by atoms with van der Waals surface area (Å²) in [6, 6.07) is 19.6. The second-order valence-corrected chi connectivity index (χ2v) is 7.37. The highest BCUT2D eigenvalue weighted by molar-refractivity contribution is 6.31. The largest absolute Gasteiger partial charge is 0.323 e. The zero-order valence-electron chi connectivity index (χ0n) is 17.2. The number of rotatable bonds is 5. The van der Waals surface area contributed by atoms with Crippen LogP contribution in [0.25, 0.3) is 11.7 Å². The van der Waals surface area contributed by atoms with Gasteiger partial charge in [0.25, 0.3) is 0 Å². The lowest BCUT2D eigenvalue weighted by Gasteiger charge is -2.11. The minimum Gasteiger partial charge on any atom is -0.322 e. The van der Waals surface area contributed by atoms with E-state index in [1.807, 2.05) is 55.6 Å². The summed E-state index contributed by atoms with van der Waals surface area (Å²) in [5.41, 5.74) is 3.98. The van der Waals surface area contributed by atoms with Crippen LogP contribution in [0.4, 0.5) is 21.9 Å². The number of hydrogen-bond acceptors (Lipinski definition) is 3. The number of halogens is 1. The molecule has 0 spiro atoms. The van der Waals surface area contributed by atoms with Crippen molar-refractivity contribution in [2.75, 3.05) is 16.0 Å². The van der Waals surface area contributed by atoms with Gasteiger partial charge in [0.05, 0.1) is 5.69 Å². The molecule has 3 N–H and O–H groups in total. The van der Waals surface area contributed by atoms with Crippen molar-refractivity contribution >= 4 is 52.3 Å². The number of benzene rings is 2. The van der Waals surface area contributed by atoms with Gasteiger partial charge in [-0.15, -0.1) is 0 Å². The fourth-order valence-electron chi connectivity index (χ4n) is 3.11. The normalized spacial score (nSPS) is 10.9. The molecular formula is C24H20ClN5O2. The summed E-state index contributed by atoms with van der Waals surface area (Å²) < 4.78 is 1.80. The van der Waals surface area contributed by atoms with Gasteiger partial charge in [-0.2, -0.15) is 0 Å². The van der Waals surface area contributed by atoms with E-state index in [-0.39, 0.29) is 11.9 Å². The first-order valence-corrected chi connectivity index (χ1v) is 10.2. The van der Waals surface area contributed by atoms with Crippen molar-refractivity contribution in [3.63, 3.8) is 0 Å². The molecule has 3 amide bonds. The van der Waals surface area contributed by atoms with Gasteiger partial charge in [0, 0.05) is 29.3 Å². The molecular weight excluding hydrogens is 426 g/mol. The fourth-order valence-corrected chi connectivity index (χ4v) is 3.35. The molecule has 2 aromatic heterocycles. The summed E-state index contributed by atoms with van der Waals surface area (Å²) in [5, 5.41) is 8.66. The summed E-state index contributed by atoms with van der Waals surface area (Å²) in [6.07, 6.45) is 4.83. The van der Waals surface area contributed by atoms with Crippen molar-refractivity contribution in [1.82, 2.24) is 9.38 Å². The molecule has 32 heavy (non-hydrogen) atoms. The summed E-state index contributed by atoms with van der Waals surface area (Å²) >= 11 is 6.20. The first kappa shape index (κ1) is 21.1. The maximum Gasteiger partial charge on any atom is 0.323 e. The molecule has 0 radical (unpaired) electrons. The van der Waals surface area contributed by atoms with Crippen LogP contribution >= 0.6 is 11.6 Å². The van der Waals surface area contributed by atoms with Gasteiger partial charge >= 0.3 is 6.03 Å². The van der Waals surface area contributed by atoms with E-state index >= 15 is 0 Å². The Balaban J connectivity index is 1.44. The number of fused-ring (bicyclic) bond motifs is 1. The van der Waals surface area contributed by atoms with Gasteiger partial charge < -0.3 is 16.0 Å². The fraction of sp³-hybridized carbons (Fsp3) is 0.0417. The van der Waals surface area contributed by atoms with Crippen LogP contribution in [0.5, 0.6) is 0 Å². The van der Waals surface area contributed by atoms with Gasteiger partial charge in [-0.05, 0) is 55.0 Å². The Morgan fingerprint density at radius 2 is 1.69 bits per heavy atom. The quantitative estimate of drug-likeness (QED) is 0.350. The number of amides is 3. The van der Waals surface area contributed by atoms with Crippen molar-refractivity contribution in [1.29, 1.82) is 0 Å². The third kappa shape index (κ3) is 4.96. The Bertz CT molecular complexity index is 1310. The number of urea groups is 1. The average Bonchev–Trinajstić information content (AvgIpc) is 3.10. The van der Waals surface area contributed by atoms with Crippen molar-refractivity contribution in [3.05, 3.63) is 95.4 Å². The Labute approximate surface area is 189 Å². The molecule has 0 atom stereocenters. The zero-order chi connectivity index (χ0) is 22.5. The molecule has 2 heterocycles. The first-order chi connectivity index (χ1) is 15.5. The van der Waals surface area contributed by atoms with E-state index in [1.165, 1.54) is 6.08 Å². The van der Waals surface area contributed by atoms with Gasteiger partial charge in [-0.1, -0.05) is 41.9 Å². The zero-order valence-corrected chi connectivity index (χ0v) is 17.9. The maximum atomic E-state index is 12.5. The highest BCUT2D eigenvalue weighted by atomic mass is 35.5. The standard InChI is InChI=1S/C24H20ClN5O2/c1-16-10-11-18(27-24(32)26-17-7-3-2-4-8-17)15-19(16)28-22(31)13-12-20-23(25)29-21-9-5-6-14-30(20)21/h2-15H,1H3,(H,28,31)(H2,26,27,32). The van der Waals surface area contributed by atoms with Gasteiger partial charge in [0.2, 0.25) is 5.91 Å². The van der Waals surface area contributed by atoms with E-state index in [0.717, 1.165) is 5.56 Å². The topological polar surface area (TPSA) is 87.5 Å². The van der Waals surface area contributed by atoms with Crippen LogP contribution in [0.1, 0.15) is 11.3 Å². The lowest BCUT2D eigenvalue weighted by Crippen LogP contribution is -2.19. The molecule has 0 fully saturated rings. The van der Waals surface area contributed by atoms with Crippen LogP contribution in [0.2, 0.25) is 5.15 Å². The Morgan fingerprint density at radius 1 is 0.938 bits per heavy atom. The number of nitrogens with zero attached hydrogens (tertiary/aromatic N) is 2. The smallest absolute Gasteiger partial charge is 0.322 e. The van der Waals surface area contributed by atoms with Gasteiger partial charge in [-0.3, -0.25) is 9.20 Å². The van der Waals surface area contributed by atoms with Gasteiger partial charge in [0.1, 0.15) is 5.65 Å². The molecule has 160 valence electrons. The molecule has 0 aliphatic heterocycles. The number of para-hydroxylation sites is 1. The summed E-state index contributed by atoms with van der Waals surface area (Å²) in [7, 11) is 0. The third-order valence-corrected chi connectivity index (χ3v) is 4.98. The summed E-state index contributed by atoms with van der Waals surface area (Å²) in [4.78, 5) is 29.0. The van der Waals surface area contributed by atoms with E-state index in [4.69, 9.17) is 11.6 Å². The number of pyridine rings is 1. The van der Waals surface area contributed by atoms with Gasteiger partial charge in [0.15, 0.2) is 5.15 Å². The molecule has 4 aromatic rings. The molecule has 8 heteroatoms. The molecule has 0 unspecified atom stereocenters. The molecule has 0 aliphatic carbocycles. The number of aromatic nitrogens is 2. The average molecular weight is 446 g/mol. The van der Waals surface area contributed by atoms with E-state index in [2.05, 4.69) is 20.9 Å². The van der Waals surface area contributed by atoms with Crippen molar-refractivity contribution in [3.8, 4) is 0 Å². The number of anilines is 3. The van der Waals surface area contributed by atoms with Gasteiger partial charge in [-0.25, -0.2) is 9.78 Å². The number of imidazole rings is 1. The van der Waals surface area contributed by atoms with E-state index in [9.17, 15) is 9.59 Å². The minimum atomic E-state index is -0.375.